The minimum Gasteiger partial charge on any atom is -0.478 e. The SMILES string of the molecule is CCCCCNc1c(I)c(C(=O)O)c(I)c(C(=O)O)c1I.Cl.Cl. The van der Waals surface area contributed by atoms with Gasteiger partial charge in [-0.15, -0.1) is 24.8 Å². The van der Waals surface area contributed by atoms with Gasteiger partial charge in [0.15, 0.2) is 0 Å². The molecule has 0 spiro atoms. The first-order valence-electron chi connectivity index (χ1n) is 6.23. The van der Waals surface area contributed by atoms with Crippen molar-refractivity contribution in [1.29, 1.82) is 0 Å². The molecule has 0 heterocycles. The molecule has 1 rings (SSSR count). The number of unbranched alkanes of at least 4 members (excludes halogenated alkanes) is 2. The van der Waals surface area contributed by atoms with Crippen molar-refractivity contribution in [2.24, 2.45) is 0 Å². The van der Waals surface area contributed by atoms with E-state index in [9.17, 15) is 19.8 Å². The molecule has 1 aromatic rings. The Morgan fingerprint density at radius 3 is 1.70 bits per heavy atom. The molecule has 23 heavy (non-hydrogen) atoms. The topological polar surface area (TPSA) is 86.6 Å². The van der Waals surface area contributed by atoms with E-state index in [2.05, 4.69) is 12.2 Å². The van der Waals surface area contributed by atoms with Crippen LogP contribution in [0, 0.1) is 10.7 Å². The van der Waals surface area contributed by atoms with Gasteiger partial charge in [0.05, 0.1) is 24.0 Å². The summed E-state index contributed by atoms with van der Waals surface area (Å²) in [5, 5.41) is 21.9. The summed E-state index contributed by atoms with van der Waals surface area (Å²) < 4.78 is 1.37. The maximum Gasteiger partial charge on any atom is 0.337 e. The van der Waals surface area contributed by atoms with Gasteiger partial charge in [-0.1, -0.05) is 19.8 Å². The van der Waals surface area contributed by atoms with Crippen molar-refractivity contribution in [1.82, 2.24) is 0 Å². The number of hydrogen-bond donors (Lipinski definition) is 3. The number of benzene rings is 1. The number of anilines is 1. The van der Waals surface area contributed by atoms with E-state index in [1.54, 1.807) is 22.6 Å². The summed E-state index contributed by atoms with van der Waals surface area (Å²) >= 11 is 5.72. The number of halogens is 5. The van der Waals surface area contributed by atoms with Crippen molar-refractivity contribution in [2.45, 2.75) is 26.2 Å². The number of rotatable bonds is 7. The number of nitrogens with one attached hydrogen (secondary N) is 1. The number of aromatic carboxylic acids is 2. The van der Waals surface area contributed by atoms with Crippen molar-refractivity contribution in [3.63, 3.8) is 0 Å². The van der Waals surface area contributed by atoms with E-state index >= 15 is 0 Å². The van der Waals surface area contributed by atoms with E-state index in [-0.39, 0.29) is 39.5 Å². The fourth-order valence-corrected chi connectivity index (χ4v) is 6.25. The lowest BCUT2D eigenvalue weighted by Crippen LogP contribution is -2.16. The Hall–Kier alpha value is 0.730. The molecule has 0 bridgehead atoms. The zero-order valence-corrected chi connectivity index (χ0v) is 20.1. The summed E-state index contributed by atoms with van der Waals surface area (Å²) in [6.07, 6.45) is 3.12. The Bertz CT molecular complexity index is 544. The molecule has 0 atom stereocenters. The average Bonchev–Trinajstić information content (AvgIpc) is 2.36. The highest BCUT2D eigenvalue weighted by Crippen LogP contribution is 2.35. The quantitative estimate of drug-likeness (QED) is 0.264. The van der Waals surface area contributed by atoms with Gasteiger partial charge in [0, 0.05) is 10.1 Å². The first-order chi connectivity index (χ1) is 9.82. The van der Waals surface area contributed by atoms with Crippen molar-refractivity contribution in [3.8, 4) is 0 Å². The molecule has 0 unspecified atom stereocenters. The van der Waals surface area contributed by atoms with Crippen LogP contribution in [0.15, 0.2) is 0 Å². The molecular weight excluding hydrogens is 686 g/mol. The molecule has 3 N–H and O–H groups in total. The van der Waals surface area contributed by atoms with Crippen LogP contribution in [0.4, 0.5) is 5.69 Å². The van der Waals surface area contributed by atoms with Crippen molar-refractivity contribution in [2.75, 3.05) is 11.9 Å². The van der Waals surface area contributed by atoms with E-state index < -0.39 is 11.9 Å². The highest BCUT2D eigenvalue weighted by Gasteiger charge is 2.27. The van der Waals surface area contributed by atoms with Crippen LogP contribution in [0.25, 0.3) is 0 Å². The summed E-state index contributed by atoms with van der Waals surface area (Å²) in [6.45, 7) is 2.79. The van der Waals surface area contributed by atoms with Gasteiger partial charge in [-0.25, -0.2) is 9.59 Å². The minimum atomic E-state index is -1.11. The number of hydrogen-bond acceptors (Lipinski definition) is 3. The summed E-state index contributed by atoms with van der Waals surface area (Å²) in [7, 11) is 0. The summed E-state index contributed by atoms with van der Waals surface area (Å²) in [6, 6.07) is 0. The smallest absolute Gasteiger partial charge is 0.337 e. The number of carboxylic acid groups (broad SMARTS) is 2. The van der Waals surface area contributed by atoms with Gasteiger partial charge < -0.3 is 15.5 Å². The third kappa shape index (κ3) is 6.51. The Morgan fingerprint density at radius 1 is 0.913 bits per heavy atom. The largest absolute Gasteiger partial charge is 0.478 e. The van der Waals surface area contributed by atoms with Crippen LogP contribution in [0.1, 0.15) is 46.9 Å². The van der Waals surface area contributed by atoms with Crippen LogP contribution in [0.3, 0.4) is 0 Å². The van der Waals surface area contributed by atoms with Crippen LogP contribution in [-0.4, -0.2) is 28.7 Å². The lowest BCUT2D eigenvalue weighted by molar-refractivity contribution is 0.0694. The number of carbonyl (C=O) groups is 2. The molecule has 5 nitrogen and oxygen atoms in total. The van der Waals surface area contributed by atoms with Gasteiger partial charge in [-0.2, -0.15) is 0 Å². The van der Waals surface area contributed by atoms with Crippen LogP contribution < -0.4 is 5.32 Å². The second kappa shape index (κ2) is 12.1. The zero-order valence-electron chi connectivity index (χ0n) is 12.0. The maximum atomic E-state index is 11.4. The van der Waals surface area contributed by atoms with Gasteiger partial charge in [0.2, 0.25) is 0 Å². The fourth-order valence-electron chi connectivity index (χ4n) is 1.78. The van der Waals surface area contributed by atoms with Gasteiger partial charge in [-0.3, -0.25) is 0 Å². The summed E-state index contributed by atoms with van der Waals surface area (Å²) in [4.78, 5) is 22.8. The molecule has 132 valence electrons. The molecule has 0 aromatic heterocycles. The summed E-state index contributed by atoms with van der Waals surface area (Å²) in [5.41, 5.74) is 0.696. The second-order valence-corrected chi connectivity index (χ2v) is 7.55. The van der Waals surface area contributed by atoms with Crippen molar-refractivity contribution in [3.05, 3.63) is 21.8 Å². The molecule has 0 aliphatic rings. The van der Waals surface area contributed by atoms with E-state index in [0.29, 0.717) is 19.4 Å². The molecule has 0 saturated carbocycles. The van der Waals surface area contributed by atoms with E-state index in [1.165, 1.54) is 0 Å². The Labute approximate surface area is 188 Å². The standard InChI is InChI=1S/C13H14I3NO4.2ClH/c1-2-3-4-5-17-11-9(15)6(12(18)19)8(14)7(10(11)16)13(20)21;;/h17H,2-5H2,1H3,(H,18,19)(H,20,21);2*1H. The van der Waals surface area contributed by atoms with E-state index in [0.717, 1.165) is 19.3 Å². The molecule has 0 amide bonds. The monoisotopic (exact) mass is 701 g/mol. The van der Waals surface area contributed by atoms with E-state index in [1.807, 2.05) is 45.2 Å². The number of carboxylic acids is 2. The average molecular weight is 702 g/mol. The fraction of sp³-hybridized carbons (Fsp3) is 0.385. The molecule has 10 heteroatoms. The molecule has 0 fully saturated rings. The van der Waals surface area contributed by atoms with E-state index in [4.69, 9.17) is 0 Å². The first kappa shape index (κ1) is 26.0. The van der Waals surface area contributed by atoms with Gasteiger partial charge in [0.25, 0.3) is 0 Å². The molecule has 1 aromatic carbocycles. The predicted molar refractivity (Wildman–Crippen MR) is 121 cm³/mol. The van der Waals surface area contributed by atoms with Crippen LogP contribution >= 0.6 is 92.6 Å². The molecular formula is C13H16Cl2I3NO4. The maximum absolute atomic E-state index is 11.4. The highest BCUT2D eigenvalue weighted by atomic mass is 127. The Balaban J connectivity index is 0. The third-order valence-corrected chi connectivity index (χ3v) is 6.06. The Morgan fingerprint density at radius 2 is 1.35 bits per heavy atom. The molecule has 0 aliphatic heterocycles. The Kier molecular flexibility index (Phi) is 13.7. The van der Waals surface area contributed by atoms with Crippen LogP contribution in [0.2, 0.25) is 0 Å². The predicted octanol–water partition coefficient (Wildman–Crippen LogP) is 5.34. The van der Waals surface area contributed by atoms with Gasteiger partial charge in [-0.05, 0) is 74.2 Å². The van der Waals surface area contributed by atoms with Gasteiger partial charge >= 0.3 is 11.9 Å². The second-order valence-electron chi connectivity index (χ2n) is 4.31. The zero-order chi connectivity index (χ0) is 16.2. The summed E-state index contributed by atoms with van der Waals surface area (Å²) in [5.74, 6) is -2.22. The molecule has 0 saturated heterocycles. The third-order valence-electron chi connectivity index (χ3n) is 2.83. The van der Waals surface area contributed by atoms with Crippen LogP contribution in [0.5, 0.6) is 0 Å². The first-order valence-corrected chi connectivity index (χ1v) is 9.47. The highest BCUT2D eigenvalue weighted by molar-refractivity contribution is 14.1. The minimum absolute atomic E-state index is 0. The lowest BCUT2D eigenvalue weighted by atomic mass is 10.1. The molecule has 0 radical (unpaired) electrons. The normalized spacial score (nSPS) is 9.57. The van der Waals surface area contributed by atoms with Gasteiger partial charge in [0.1, 0.15) is 0 Å². The van der Waals surface area contributed by atoms with Crippen LogP contribution in [-0.2, 0) is 0 Å². The van der Waals surface area contributed by atoms with Crippen molar-refractivity contribution < 1.29 is 19.8 Å². The lowest BCUT2D eigenvalue weighted by Gasteiger charge is -2.17. The van der Waals surface area contributed by atoms with Crippen molar-refractivity contribution >= 4 is 110 Å². The molecule has 0 aliphatic carbocycles.